The first-order chi connectivity index (χ1) is 8.52. The van der Waals surface area contributed by atoms with Crippen LogP contribution in [0.4, 0.5) is 8.78 Å². The molecular formula is C13H18F2N2O. The lowest BCUT2D eigenvalue weighted by atomic mass is 10.1. The average Bonchev–Trinajstić information content (AvgIpc) is 2.27. The van der Waals surface area contributed by atoms with Gasteiger partial charge in [0.25, 0.3) is 0 Å². The normalized spacial score (nSPS) is 12.2. The average molecular weight is 256 g/mol. The van der Waals surface area contributed by atoms with Crippen molar-refractivity contribution in [1.29, 1.82) is 0 Å². The fraction of sp³-hybridized carbons (Fsp3) is 0.462. The third-order valence-electron chi connectivity index (χ3n) is 2.68. The van der Waals surface area contributed by atoms with Crippen molar-refractivity contribution in [1.82, 2.24) is 5.32 Å². The summed E-state index contributed by atoms with van der Waals surface area (Å²) in [5.41, 5.74) is 5.88. The number of nitrogens with one attached hydrogen (secondary N) is 1. The standard InChI is InChI=1S/C13H18F2N2O/c1-9(2-4-16)13(18)17-5-3-10-6-11(14)8-12(15)7-10/h6-9H,2-5,16H2,1H3,(H,17,18). The quantitative estimate of drug-likeness (QED) is 0.812. The minimum atomic E-state index is -0.604. The first-order valence-corrected chi connectivity index (χ1v) is 5.95. The molecule has 0 aliphatic rings. The predicted octanol–water partition coefficient (Wildman–Crippen LogP) is 1.61. The van der Waals surface area contributed by atoms with E-state index in [1.807, 2.05) is 0 Å². The summed E-state index contributed by atoms with van der Waals surface area (Å²) in [5.74, 6) is -1.43. The molecule has 0 aliphatic heterocycles. The van der Waals surface area contributed by atoms with Crippen molar-refractivity contribution in [2.24, 2.45) is 11.7 Å². The highest BCUT2D eigenvalue weighted by Crippen LogP contribution is 2.08. The van der Waals surface area contributed by atoms with E-state index in [4.69, 9.17) is 5.73 Å². The Morgan fingerprint density at radius 1 is 1.33 bits per heavy atom. The van der Waals surface area contributed by atoms with Crippen LogP contribution in [0.15, 0.2) is 18.2 Å². The number of nitrogens with two attached hydrogens (primary N) is 1. The second kappa shape index (κ2) is 7.06. The summed E-state index contributed by atoms with van der Waals surface area (Å²) in [5, 5.41) is 2.72. The number of halogens is 2. The van der Waals surface area contributed by atoms with Crippen molar-refractivity contribution in [2.45, 2.75) is 19.8 Å². The van der Waals surface area contributed by atoms with Crippen molar-refractivity contribution in [2.75, 3.05) is 13.1 Å². The summed E-state index contributed by atoms with van der Waals surface area (Å²) in [6.45, 7) is 2.62. The summed E-state index contributed by atoms with van der Waals surface area (Å²) < 4.78 is 25.8. The van der Waals surface area contributed by atoms with Crippen molar-refractivity contribution < 1.29 is 13.6 Å². The number of benzene rings is 1. The Kier molecular flexibility index (Phi) is 5.71. The zero-order valence-corrected chi connectivity index (χ0v) is 10.4. The molecule has 100 valence electrons. The van der Waals surface area contributed by atoms with Gasteiger partial charge in [-0.1, -0.05) is 6.92 Å². The molecule has 18 heavy (non-hydrogen) atoms. The van der Waals surface area contributed by atoms with Crippen LogP contribution in [0, 0.1) is 17.6 Å². The molecule has 1 atom stereocenters. The number of hydrogen-bond acceptors (Lipinski definition) is 2. The Morgan fingerprint density at radius 2 is 1.94 bits per heavy atom. The molecule has 0 saturated carbocycles. The number of amides is 1. The zero-order chi connectivity index (χ0) is 13.5. The van der Waals surface area contributed by atoms with Crippen LogP contribution in [0.2, 0.25) is 0 Å². The summed E-state index contributed by atoms with van der Waals surface area (Å²) in [7, 11) is 0. The number of carbonyl (C=O) groups is 1. The molecule has 3 N–H and O–H groups in total. The number of hydrogen-bond donors (Lipinski definition) is 2. The number of rotatable bonds is 6. The minimum absolute atomic E-state index is 0.0858. The molecule has 0 aliphatic carbocycles. The molecule has 3 nitrogen and oxygen atoms in total. The smallest absolute Gasteiger partial charge is 0.222 e. The monoisotopic (exact) mass is 256 g/mol. The van der Waals surface area contributed by atoms with E-state index in [0.717, 1.165) is 6.07 Å². The first kappa shape index (κ1) is 14.6. The topological polar surface area (TPSA) is 55.1 Å². The minimum Gasteiger partial charge on any atom is -0.356 e. The molecule has 0 saturated heterocycles. The van der Waals surface area contributed by atoms with Gasteiger partial charge in [0.1, 0.15) is 11.6 Å². The lowest BCUT2D eigenvalue weighted by molar-refractivity contribution is -0.124. The fourth-order valence-corrected chi connectivity index (χ4v) is 1.64. The van der Waals surface area contributed by atoms with Crippen LogP contribution in [0.25, 0.3) is 0 Å². The van der Waals surface area contributed by atoms with Gasteiger partial charge in [-0.25, -0.2) is 8.78 Å². The van der Waals surface area contributed by atoms with Gasteiger partial charge in [0.05, 0.1) is 0 Å². The van der Waals surface area contributed by atoms with Gasteiger partial charge in [-0.15, -0.1) is 0 Å². The third kappa shape index (κ3) is 4.79. The van der Waals surface area contributed by atoms with Crippen LogP contribution in [-0.4, -0.2) is 19.0 Å². The molecule has 0 fully saturated rings. The summed E-state index contributed by atoms with van der Waals surface area (Å²) in [6.07, 6.45) is 1.02. The van der Waals surface area contributed by atoms with Gasteiger partial charge in [-0.2, -0.15) is 0 Å². The lowest BCUT2D eigenvalue weighted by Crippen LogP contribution is -2.31. The Labute approximate surface area is 105 Å². The molecule has 1 unspecified atom stereocenters. The molecule has 0 spiro atoms. The molecule has 1 amide bonds. The fourth-order valence-electron chi connectivity index (χ4n) is 1.64. The zero-order valence-electron chi connectivity index (χ0n) is 10.4. The van der Waals surface area contributed by atoms with E-state index < -0.39 is 11.6 Å². The first-order valence-electron chi connectivity index (χ1n) is 5.95. The maximum Gasteiger partial charge on any atom is 0.222 e. The van der Waals surface area contributed by atoms with E-state index in [1.165, 1.54) is 12.1 Å². The van der Waals surface area contributed by atoms with Crippen molar-refractivity contribution >= 4 is 5.91 Å². The van der Waals surface area contributed by atoms with Gasteiger partial charge in [0, 0.05) is 18.5 Å². The lowest BCUT2D eigenvalue weighted by Gasteiger charge is -2.11. The highest BCUT2D eigenvalue weighted by Gasteiger charge is 2.10. The molecular weight excluding hydrogens is 238 g/mol. The number of carbonyl (C=O) groups excluding carboxylic acids is 1. The van der Waals surface area contributed by atoms with E-state index in [0.29, 0.717) is 31.5 Å². The molecule has 0 radical (unpaired) electrons. The van der Waals surface area contributed by atoms with E-state index in [2.05, 4.69) is 5.32 Å². The van der Waals surface area contributed by atoms with Crippen LogP contribution in [0.3, 0.4) is 0 Å². The maximum atomic E-state index is 12.9. The highest BCUT2D eigenvalue weighted by atomic mass is 19.1. The SMILES string of the molecule is CC(CCN)C(=O)NCCc1cc(F)cc(F)c1. The van der Waals surface area contributed by atoms with Crippen LogP contribution >= 0.6 is 0 Å². The highest BCUT2D eigenvalue weighted by molar-refractivity contribution is 5.78. The molecule has 5 heteroatoms. The second-order valence-electron chi connectivity index (χ2n) is 4.30. The Hall–Kier alpha value is -1.49. The molecule has 1 aromatic rings. The van der Waals surface area contributed by atoms with Crippen molar-refractivity contribution in [3.63, 3.8) is 0 Å². The van der Waals surface area contributed by atoms with Gasteiger partial charge in [0.15, 0.2) is 0 Å². The summed E-state index contributed by atoms with van der Waals surface area (Å²) in [6, 6.07) is 3.35. The maximum absolute atomic E-state index is 12.9. The summed E-state index contributed by atoms with van der Waals surface area (Å²) in [4.78, 5) is 11.5. The molecule has 0 heterocycles. The Morgan fingerprint density at radius 3 is 2.50 bits per heavy atom. The van der Waals surface area contributed by atoms with Crippen LogP contribution in [0.1, 0.15) is 18.9 Å². The van der Waals surface area contributed by atoms with Gasteiger partial charge < -0.3 is 11.1 Å². The largest absolute Gasteiger partial charge is 0.356 e. The predicted molar refractivity (Wildman–Crippen MR) is 65.9 cm³/mol. The Balaban J connectivity index is 2.39. The van der Waals surface area contributed by atoms with Crippen LogP contribution < -0.4 is 11.1 Å². The molecule has 1 aromatic carbocycles. The van der Waals surface area contributed by atoms with E-state index in [1.54, 1.807) is 6.92 Å². The van der Waals surface area contributed by atoms with Gasteiger partial charge in [-0.3, -0.25) is 4.79 Å². The van der Waals surface area contributed by atoms with E-state index >= 15 is 0 Å². The van der Waals surface area contributed by atoms with Crippen LogP contribution in [0.5, 0.6) is 0 Å². The molecule has 0 bridgehead atoms. The van der Waals surface area contributed by atoms with Crippen molar-refractivity contribution in [3.8, 4) is 0 Å². The van der Waals surface area contributed by atoms with Gasteiger partial charge >= 0.3 is 0 Å². The Bertz CT molecular complexity index is 390. The van der Waals surface area contributed by atoms with Crippen molar-refractivity contribution in [3.05, 3.63) is 35.4 Å². The second-order valence-corrected chi connectivity index (χ2v) is 4.30. The summed E-state index contributed by atoms with van der Waals surface area (Å²) >= 11 is 0. The van der Waals surface area contributed by atoms with E-state index in [9.17, 15) is 13.6 Å². The van der Waals surface area contributed by atoms with Gasteiger partial charge in [-0.05, 0) is 37.1 Å². The third-order valence-corrected chi connectivity index (χ3v) is 2.68. The van der Waals surface area contributed by atoms with E-state index in [-0.39, 0.29) is 11.8 Å². The van der Waals surface area contributed by atoms with Gasteiger partial charge in [0.2, 0.25) is 5.91 Å². The molecule has 0 aromatic heterocycles. The van der Waals surface area contributed by atoms with Crippen LogP contribution in [-0.2, 0) is 11.2 Å². The molecule has 1 rings (SSSR count).